The minimum atomic E-state index is -0.0213. The Morgan fingerprint density at radius 3 is 2.18 bits per heavy atom. The molecule has 0 saturated heterocycles. The third-order valence-electron chi connectivity index (χ3n) is 3.03. The molecule has 0 aliphatic rings. The summed E-state index contributed by atoms with van der Waals surface area (Å²) in [5.74, 6) is 5.65. The summed E-state index contributed by atoms with van der Waals surface area (Å²) in [6.07, 6.45) is 3.57. The summed E-state index contributed by atoms with van der Waals surface area (Å²) >= 11 is 0. The van der Waals surface area contributed by atoms with Crippen molar-refractivity contribution >= 4 is 5.91 Å². The highest BCUT2D eigenvalue weighted by molar-refractivity contribution is 5.75. The zero-order valence-corrected chi connectivity index (χ0v) is 14.1. The average molecular weight is 319 g/mol. The second kappa shape index (κ2) is 16.6. The Labute approximate surface area is 134 Å². The van der Waals surface area contributed by atoms with Crippen LogP contribution in [0.3, 0.4) is 0 Å². The van der Waals surface area contributed by atoms with Gasteiger partial charge in [-0.15, -0.1) is 0 Å². The number of likely N-dealkylation sites (N-methyl/N-ethyl adjacent to an activating group) is 1. The molecule has 0 rings (SSSR count). The van der Waals surface area contributed by atoms with Gasteiger partial charge in [0, 0.05) is 13.0 Å². The van der Waals surface area contributed by atoms with Gasteiger partial charge in [0.15, 0.2) is 0 Å². The van der Waals surface area contributed by atoms with Crippen LogP contribution >= 0.6 is 0 Å². The second-order valence-corrected chi connectivity index (χ2v) is 4.98. The van der Waals surface area contributed by atoms with Crippen LogP contribution in [-0.4, -0.2) is 70.7 Å². The lowest BCUT2D eigenvalue weighted by molar-refractivity contribution is -0.132. The maximum Gasteiger partial charge on any atom is 0.236 e. The maximum absolute atomic E-state index is 11.6. The van der Waals surface area contributed by atoms with E-state index in [2.05, 4.69) is 12.2 Å². The standard InChI is InChI=1S/C15H33N3O4/c1-3-4-5-6-15(19)18(16)8-10-21-12-14-22-13-11-20-9-7-17-2/h17H,3-14,16H2,1-2H3. The number of hydrogen-bond acceptors (Lipinski definition) is 6. The third kappa shape index (κ3) is 14.2. The summed E-state index contributed by atoms with van der Waals surface area (Å²) in [4.78, 5) is 11.6. The van der Waals surface area contributed by atoms with Crippen molar-refractivity contribution in [1.29, 1.82) is 0 Å². The van der Waals surface area contributed by atoms with E-state index in [0.29, 0.717) is 52.6 Å². The first-order valence-electron chi connectivity index (χ1n) is 8.15. The molecule has 0 fully saturated rings. The van der Waals surface area contributed by atoms with Crippen LogP contribution in [-0.2, 0) is 19.0 Å². The van der Waals surface area contributed by atoms with Gasteiger partial charge in [-0.2, -0.15) is 0 Å². The minimum absolute atomic E-state index is 0.0213. The van der Waals surface area contributed by atoms with E-state index in [1.165, 1.54) is 5.01 Å². The predicted molar refractivity (Wildman–Crippen MR) is 86.4 cm³/mol. The number of nitrogens with zero attached hydrogens (tertiary/aromatic N) is 1. The van der Waals surface area contributed by atoms with E-state index in [1.807, 2.05) is 7.05 Å². The maximum atomic E-state index is 11.6. The quantitative estimate of drug-likeness (QED) is 0.187. The normalized spacial score (nSPS) is 10.9. The van der Waals surface area contributed by atoms with Crippen LogP contribution in [0, 0.1) is 0 Å². The first kappa shape index (κ1) is 21.3. The van der Waals surface area contributed by atoms with Gasteiger partial charge in [-0.3, -0.25) is 9.80 Å². The lowest BCUT2D eigenvalue weighted by Crippen LogP contribution is -2.39. The molecule has 3 N–H and O–H groups in total. The van der Waals surface area contributed by atoms with Crippen LogP contribution < -0.4 is 11.2 Å². The molecule has 0 aromatic rings. The molecule has 0 aromatic carbocycles. The molecule has 0 aliphatic heterocycles. The molecule has 0 radical (unpaired) electrons. The van der Waals surface area contributed by atoms with Gasteiger partial charge in [-0.25, -0.2) is 5.84 Å². The van der Waals surface area contributed by atoms with Crippen molar-refractivity contribution in [1.82, 2.24) is 10.3 Å². The first-order valence-corrected chi connectivity index (χ1v) is 8.15. The van der Waals surface area contributed by atoms with E-state index < -0.39 is 0 Å². The highest BCUT2D eigenvalue weighted by atomic mass is 16.5. The molecule has 0 bridgehead atoms. The summed E-state index contributed by atoms with van der Waals surface area (Å²) in [5.41, 5.74) is 0. The fourth-order valence-corrected chi connectivity index (χ4v) is 1.67. The molecule has 1 amide bonds. The van der Waals surface area contributed by atoms with Crippen LogP contribution in [0.2, 0.25) is 0 Å². The highest BCUT2D eigenvalue weighted by Gasteiger charge is 2.08. The summed E-state index contributed by atoms with van der Waals surface area (Å²) in [6, 6.07) is 0. The Morgan fingerprint density at radius 1 is 1.00 bits per heavy atom. The van der Waals surface area contributed by atoms with Crippen molar-refractivity contribution in [2.75, 3.05) is 59.8 Å². The van der Waals surface area contributed by atoms with Gasteiger partial charge in [0.25, 0.3) is 0 Å². The second-order valence-electron chi connectivity index (χ2n) is 4.98. The highest BCUT2D eigenvalue weighted by Crippen LogP contribution is 2.00. The summed E-state index contributed by atoms with van der Waals surface area (Å²) in [7, 11) is 1.89. The molecular weight excluding hydrogens is 286 g/mol. The van der Waals surface area contributed by atoms with Crippen LogP contribution in [0.5, 0.6) is 0 Å². The Balaban J connectivity index is 3.26. The molecule has 0 saturated carbocycles. The third-order valence-corrected chi connectivity index (χ3v) is 3.03. The molecule has 0 aliphatic carbocycles. The van der Waals surface area contributed by atoms with Crippen LogP contribution in [0.1, 0.15) is 32.6 Å². The number of hydrogen-bond donors (Lipinski definition) is 2. The number of hydrazine groups is 1. The summed E-state index contributed by atoms with van der Waals surface area (Å²) in [6.45, 7) is 6.64. The predicted octanol–water partition coefficient (Wildman–Crippen LogP) is 0.538. The largest absolute Gasteiger partial charge is 0.378 e. The zero-order valence-electron chi connectivity index (χ0n) is 14.1. The number of nitrogens with one attached hydrogen (secondary N) is 1. The van der Waals surface area contributed by atoms with E-state index in [4.69, 9.17) is 20.1 Å². The molecule has 0 aromatic heterocycles. The minimum Gasteiger partial charge on any atom is -0.378 e. The van der Waals surface area contributed by atoms with E-state index in [-0.39, 0.29) is 5.91 Å². The zero-order chi connectivity index (χ0) is 16.5. The van der Waals surface area contributed by atoms with Crippen molar-refractivity contribution in [3.63, 3.8) is 0 Å². The van der Waals surface area contributed by atoms with Crippen LogP contribution in [0.25, 0.3) is 0 Å². The van der Waals surface area contributed by atoms with Gasteiger partial charge in [0.05, 0.1) is 46.2 Å². The number of ether oxygens (including phenoxy) is 3. The van der Waals surface area contributed by atoms with Crippen molar-refractivity contribution in [2.24, 2.45) is 5.84 Å². The molecule has 0 heterocycles. The molecule has 7 heteroatoms. The summed E-state index contributed by atoms with van der Waals surface area (Å²) < 4.78 is 16.0. The van der Waals surface area contributed by atoms with Crippen molar-refractivity contribution in [3.05, 3.63) is 0 Å². The Bertz CT molecular complexity index is 255. The molecule has 7 nitrogen and oxygen atoms in total. The number of amides is 1. The van der Waals surface area contributed by atoms with Gasteiger partial charge in [-0.1, -0.05) is 19.8 Å². The van der Waals surface area contributed by atoms with Crippen LogP contribution in [0.15, 0.2) is 0 Å². The lowest BCUT2D eigenvalue weighted by Gasteiger charge is -2.16. The molecule has 22 heavy (non-hydrogen) atoms. The fraction of sp³-hybridized carbons (Fsp3) is 0.933. The van der Waals surface area contributed by atoms with Gasteiger partial charge in [-0.05, 0) is 13.5 Å². The average Bonchev–Trinajstić information content (AvgIpc) is 2.52. The Hall–Kier alpha value is -0.730. The van der Waals surface area contributed by atoms with Crippen molar-refractivity contribution in [2.45, 2.75) is 32.6 Å². The SMILES string of the molecule is CCCCCC(=O)N(N)CCOCCOCCOCCNC. The molecule has 0 spiro atoms. The fourth-order valence-electron chi connectivity index (χ4n) is 1.67. The first-order chi connectivity index (χ1) is 10.7. The van der Waals surface area contributed by atoms with Gasteiger partial charge < -0.3 is 19.5 Å². The monoisotopic (exact) mass is 319 g/mol. The van der Waals surface area contributed by atoms with Crippen LogP contribution in [0.4, 0.5) is 0 Å². The smallest absolute Gasteiger partial charge is 0.236 e. The summed E-state index contributed by atoms with van der Waals surface area (Å²) in [5, 5.41) is 4.24. The van der Waals surface area contributed by atoms with Gasteiger partial charge in [0.1, 0.15) is 0 Å². The molecule has 0 unspecified atom stereocenters. The van der Waals surface area contributed by atoms with E-state index in [1.54, 1.807) is 0 Å². The van der Waals surface area contributed by atoms with E-state index in [0.717, 1.165) is 25.8 Å². The number of carbonyl (C=O) groups is 1. The molecular formula is C15H33N3O4. The lowest BCUT2D eigenvalue weighted by atomic mass is 10.2. The number of rotatable bonds is 16. The number of nitrogens with two attached hydrogens (primary N) is 1. The topological polar surface area (TPSA) is 86.1 Å². The van der Waals surface area contributed by atoms with E-state index in [9.17, 15) is 4.79 Å². The number of carbonyl (C=O) groups excluding carboxylic acids is 1. The molecule has 132 valence electrons. The van der Waals surface area contributed by atoms with Crippen molar-refractivity contribution < 1.29 is 19.0 Å². The van der Waals surface area contributed by atoms with Gasteiger partial charge >= 0.3 is 0 Å². The van der Waals surface area contributed by atoms with Gasteiger partial charge in [0.2, 0.25) is 5.91 Å². The van der Waals surface area contributed by atoms with E-state index >= 15 is 0 Å². The molecule has 0 atom stereocenters. The Morgan fingerprint density at radius 2 is 1.59 bits per heavy atom. The Kier molecular flexibility index (Phi) is 16.1. The van der Waals surface area contributed by atoms with Crippen molar-refractivity contribution in [3.8, 4) is 0 Å². The number of unbranched alkanes of at least 4 members (excludes halogenated alkanes) is 2.